The van der Waals surface area contributed by atoms with Crippen LogP contribution in [0, 0.1) is 25.2 Å². The second kappa shape index (κ2) is 2.92. The summed E-state index contributed by atoms with van der Waals surface area (Å²) in [5.74, 6) is 0. The summed E-state index contributed by atoms with van der Waals surface area (Å²) in [5, 5.41) is 8.64. The van der Waals surface area contributed by atoms with Crippen LogP contribution >= 0.6 is 0 Å². The highest BCUT2D eigenvalue weighted by Gasteiger charge is 2.26. The molecular formula is C11H14N2. The number of nitrogens with zero attached hydrogens (tertiary/aromatic N) is 2. The van der Waals surface area contributed by atoms with E-state index in [2.05, 4.69) is 30.6 Å². The summed E-state index contributed by atoms with van der Waals surface area (Å²) < 4.78 is 2.38. The van der Waals surface area contributed by atoms with Gasteiger partial charge in [0.2, 0.25) is 0 Å². The fourth-order valence-corrected chi connectivity index (χ4v) is 2.00. The van der Waals surface area contributed by atoms with Gasteiger partial charge in [-0.3, -0.25) is 0 Å². The van der Waals surface area contributed by atoms with Crippen LogP contribution in [-0.2, 0) is 6.42 Å². The van der Waals surface area contributed by atoms with Crippen LogP contribution in [0.3, 0.4) is 0 Å². The van der Waals surface area contributed by atoms with Crippen LogP contribution < -0.4 is 0 Å². The smallest absolute Gasteiger partial charge is 0.0670 e. The summed E-state index contributed by atoms with van der Waals surface area (Å²) >= 11 is 0. The number of aromatic nitrogens is 1. The van der Waals surface area contributed by atoms with Gasteiger partial charge in [-0.2, -0.15) is 5.26 Å². The van der Waals surface area contributed by atoms with Crippen molar-refractivity contribution in [1.82, 2.24) is 4.57 Å². The predicted octanol–water partition coefficient (Wildman–Crippen LogP) is 2.51. The molecule has 0 aromatic carbocycles. The average molecular weight is 174 g/mol. The first kappa shape index (κ1) is 8.37. The SMILES string of the molecule is Cc1cc(CC#N)c(C)n1C1CC1. The van der Waals surface area contributed by atoms with Gasteiger partial charge in [-0.15, -0.1) is 0 Å². The molecule has 0 radical (unpaired) electrons. The molecule has 0 unspecified atom stereocenters. The third-order valence-corrected chi connectivity index (χ3v) is 2.77. The second-order valence-corrected chi connectivity index (χ2v) is 3.83. The Morgan fingerprint density at radius 1 is 1.54 bits per heavy atom. The van der Waals surface area contributed by atoms with E-state index in [0.717, 1.165) is 6.04 Å². The fourth-order valence-electron chi connectivity index (χ4n) is 2.00. The molecule has 0 saturated heterocycles. The van der Waals surface area contributed by atoms with Gasteiger partial charge in [0, 0.05) is 17.4 Å². The molecule has 0 bridgehead atoms. The van der Waals surface area contributed by atoms with Crippen LogP contribution in [-0.4, -0.2) is 4.57 Å². The van der Waals surface area contributed by atoms with Gasteiger partial charge in [-0.1, -0.05) is 0 Å². The molecule has 1 fully saturated rings. The van der Waals surface area contributed by atoms with Gasteiger partial charge >= 0.3 is 0 Å². The van der Waals surface area contributed by atoms with Crippen molar-refractivity contribution >= 4 is 0 Å². The van der Waals surface area contributed by atoms with E-state index in [1.807, 2.05) is 0 Å². The Morgan fingerprint density at radius 2 is 2.23 bits per heavy atom. The molecule has 0 aliphatic heterocycles. The van der Waals surface area contributed by atoms with Gasteiger partial charge in [-0.05, 0) is 38.3 Å². The Balaban J connectivity index is 2.39. The highest BCUT2D eigenvalue weighted by Crippen LogP contribution is 2.38. The molecule has 1 aliphatic carbocycles. The normalized spacial score (nSPS) is 15.8. The molecule has 2 rings (SSSR count). The average Bonchev–Trinajstić information content (AvgIpc) is 2.84. The molecule has 13 heavy (non-hydrogen) atoms. The molecule has 0 amide bonds. The molecule has 1 aliphatic rings. The quantitative estimate of drug-likeness (QED) is 0.677. The monoisotopic (exact) mass is 174 g/mol. The Hall–Kier alpha value is -1.23. The minimum Gasteiger partial charge on any atom is -0.346 e. The molecular weight excluding hydrogens is 160 g/mol. The Kier molecular flexibility index (Phi) is 1.88. The summed E-state index contributed by atoms with van der Waals surface area (Å²) in [6.45, 7) is 4.25. The molecule has 1 aromatic heterocycles. The van der Waals surface area contributed by atoms with E-state index in [1.165, 1.54) is 29.8 Å². The van der Waals surface area contributed by atoms with Gasteiger partial charge < -0.3 is 4.57 Å². The van der Waals surface area contributed by atoms with Crippen LogP contribution in [0.5, 0.6) is 0 Å². The molecule has 2 heteroatoms. The van der Waals surface area contributed by atoms with E-state index in [9.17, 15) is 0 Å². The van der Waals surface area contributed by atoms with E-state index < -0.39 is 0 Å². The highest BCUT2D eigenvalue weighted by atomic mass is 15.1. The lowest BCUT2D eigenvalue weighted by molar-refractivity contribution is 0.697. The maximum atomic E-state index is 8.64. The Morgan fingerprint density at radius 3 is 2.77 bits per heavy atom. The maximum Gasteiger partial charge on any atom is 0.0670 e. The molecule has 1 heterocycles. The Labute approximate surface area is 78.8 Å². The fraction of sp³-hybridized carbons (Fsp3) is 0.545. The van der Waals surface area contributed by atoms with Crippen molar-refractivity contribution in [3.05, 3.63) is 23.0 Å². The van der Waals surface area contributed by atoms with Crippen LogP contribution in [0.15, 0.2) is 6.07 Å². The third-order valence-electron chi connectivity index (χ3n) is 2.77. The van der Waals surface area contributed by atoms with E-state index in [0.29, 0.717) is 6.42 Å². The molecule has 0 atom stereocenters. The van der Waals surface area contributed by atoms with Gasteiger partial charge in [0.25, 0.3) is 0 Å². The topological polar surface area (TPSA) is 28.7 Å². The minimum absolute atomic E-state index is 0.548. The lowest BCUT2D eigenvalue weighted by atomic mass is 10.2. The van der Waals surface area contributed by atoms with Crippen LogP contribution in [0.1, 0.15) is 35.8 Å². The molecule has 2 nitrogen and oxygen atoms in total. The summed E-state index contributed by atoms with van der Waals surface area (Å²) in [4.78, 5) is 0. The van der Waals surface area contributed by atoms with Crippen molar-refractivity contribution in [3.8, 4) is 6.07 Å². The Bertz CT molecular complexity index is 364. The largest absolute Gasteiger partial charge is 0.346 e. The lowest BCUT2D eigenvalue weighted by Gasteiger charge is -2.06. The van der Waals surface area contributed by atoms with Crippen molar-refractivity contribution in [3.63, 3.8) is 0 Å². The van der Waals surface area contributed by atoms with Gasteiger partial charge in [-0.25, -0.2) is 0 Å². The van der Waals surface area contributed by atoms with E-state index in [4.69, 9.17) is 5.26 Å². The first-order chi connectivity index (χ1) is 6.24. The maximum absolute atomic E-state index is 8.64. The number of nitriles is 1. The first-order valence-electron chi connectivity index (χ1n) is 4.78. The van der Waals surface area contributed by atoms with Gasteiger partial charge in [0.05, 0.1) is 12.5 Å². The predicted molar refractivity (Wildman–Crippen MR) is 51.5 cm³/mol. The van der Waals surface area contributed by atoms with E-state index in [-0.39, 0.29) is 0 Å². The zero-order valence-corrected chi connectivity index (χ0v) is 8.17. The first-order valence-corrected chi connectivity index (χ1v) is 4.78. The number of aryl methyl sites for hydroxylation is 1. The zero-order chi connectivity index (χ0) is 9.42. The van der Waals surface area contributed by atoms with Crippen molar-refractivity contribution in [2.45, 2.75) is 39.2 Å². The molecule has 0 spiro atoms. The third kappa shape index (κ3) is 1.35. The van der Waals surface area contributed by atoms with Gasteiger partial charge in [0.1, 0.15) is 0 Å². The number of rotatable bonds is 2. The lowest BCUT2D eigenvalue weighted by Crippen LogP contribution is -1.99. The van der Waals surface area contributed by atoms with Crippen LogP contribution in [0.2, 0.25) is 0 Å². The summed E-state index contributed by atoms with van der Waals surface area (Å²) in [6.07, 6.45) is 3.16. The summed E-state index contributed by atoms with van der Waals surface area (Å²) in [5.41, 5.74) is 3.80. The van der Waals surface area contributed by atoms with Crippen molar-refractivity contribution in [1.29, 1.82) is 5.26 Å². The summed E-state index contributed by atoms with van der Waals surface area (Å²) in [7, 11) is 0. The van der Waals surface area contributed by atoms with E-state index >= 15 is 0 Å². The summed E-state index contributed by atoms with van der Waals surface area (Å²) in [6, 6.07) is 5.09. The van der Waals surface area contributed by atoms with Crippen molar-refractivity contribution < 1.29 is 0 Å². The van der Waals surface area contributed by atoms with Gasteiger partial charge in [0.15, 0.2) is 0 Å². The number of hydrogen-bond donors (Lipinski definition) is 0. The van der Waals surface area contributed by atoms with Crippen LogP contribution in [0.4, 0.5) is 0 Å². The highest BCUT2D eigenvalue weighted by molar-refractivity contribution is 5.30. The van der Waals surface area contributed by atoms with Crippen LogP contribution in [0.25, 0.3) is 0 Å². The molecule has 1 aromatic rings. The number of hydrogen-bond acceptors (Lipinski definition) is 1. The second-order valence-electron chi connectivity index (χ2n) is 3.83. The van der Waals surface area contributed by atoms with Crippen molar-refractivity contribution in [2.24, 2.45) is 0 Å². The zero-order valence-electron chi connectivity index (χ0n) is 8.17. The molecule has 1 saturated carbocycles. The standard InChI is InChI=1S/C11H14N2/c1-8-7-10(5-6-12)9(2)13(8)11-3-4-11/h7,11H,3-5H2,1-2H3. The molecule has 68 valence electrons. The van der Waals surface area contributed by atoms with E-state index in [1.54, 1.807) is 0 Å². The van der Waals surface area contributed by atoms with Crippen molar-refractivity contribution in [2.75, 3.05) is 0 Å². The molecule has 0 N–H and O–H groups in total. The minimum atomic E-state index is 0.548.